The lowest BCUT2D eigenvalue weighted by Gasteiger charge is -2.09. The molecule has 0 heterocycles. The molecule has 0 aromatic heterocycles. The monoisotopic (exact) mass is 157 g/mol. The van der Waals surface area contributed by atoms with Crippen LogP contribution in [0.1, 0.15) is 19.8 Å². The van der Waals surface area contributed by atoms with E-state index in [0.717, 1.165) is 19.8 Å². The summed E-state index contributed by atoms with van der Waals surface area (Å²) in [6.45, 7) is 0.880. The van der Waals surface area contributed by atoms with Crippen LogP contribution in [0.4, 0.5) is 8.78 Å². The Kier molecular flexibility index (Phi) is 2.83. The van der Waals surface area contributed by atoms with Crippen molar-refractivity contribution in [3.8, 4) is 0 Å². The fraction of sp³-hybridized carbons (Fsp3) is 1.00. The molecule has 0 aromatic carbocycles. The largest absolute Gasteiger partial charge is 0.299 e. The highest BCUT2D eigenvalue weighted by molar-refractivity contribution is 5.85. The number of rotatable bonds is 2. The van der Waals surface area contributed by atoms with E-state index in [9.17, 15) is 8.78 Å². The van der Waals surface area contributed by atoms with E-state index in [2.05, 4.69) is 5.32 Å². The number of hydrogen-bond acceptors (Lipinski definition) is 1. The number of hydrogen-bond donors (Lipinski definition) is 1. The Bertz CT molecular complexity index is 87.4. The summed E-state index contributed by atoms with van der Waals surface area (Å²) in [5.41, 5.74) is 0. The van der Waals surface area contributed by atoms with Gasteiger partial charge in [-0.2, -0.15) is 8.78 Å². The first-order valence-electron chi connectivity index (χ1n) is 2.73. The molecule has 1 fully saturated rings. The summed E-state index contributed by atoms with van der Waals surface area (Å²) in [5, 5.41) is 2.16. The zero-order valence-corrected chi connectivity index (χ0v) is 5.97. The van der Waals surface area contributed by atoms with E-state index < -0.39 is 6.05 Å². The standard InChI is InChI=1S/C5H9F2N.ClH/c1-5(6,7)8-4-2-3-4;/h4,8H,2-3H2,1H3;1H. The highest BCUT2D eigenvalue weighted by atomic mass is 35.5. The van der Waals surface area contributed by atoms with E-state index in [1.807, 2.05) is 0 Å². The minimum Gasteiger partial charge on any atom is -0.256 e. The van der Waals surface area contributed by atoms with E-state index >= 15 is 0 Å². The molecule has 0 aromatic rings. The van der Waals surface area contributed by atoms with Crippen molar-refractivity contribution in [2.24, 2.45) is 0 Å². The van der Waals surface area contributed by atoms with Gasteiger partial charge < -0.3 is 0 Å². The molecule has 0 aliphatic heterocycles. The second-order valence-corrected chi connectivity index (χ2v) is 2.31. The normalized spacial score (nSPS) is 19.0. The van der Waals surface area contributed by atoms with Gasteiger partial charge in [0.1, 0.15) is 0 Å². The highest BCUT2D eigenvalue weighted by Crippen LogP contribution is 2.23. The Labute approximate surface area is 59.2 Å². The first-order valence-corrected chi connectivity index (χ1v) is 2.73. The molecule has 0 radical (unpaired) electrons. The molecule has 4 heteroatoms. The lowest BCUT2D eigenvalue weighted by atomic mass is 10.6. The van der Waals surface area contributed by atoms with Crippen molar-refractivity contribution >= 4 is 12.4 Å². The maximum Gasteiger partial charge on any atom is 0.299 e. The van der Waals surface area contributed by atoms with Crippen LogP contribution in [0, 0.1) is 0 Å². The Morgan fingerprint density at radius 2 is 1.89 bits per heavy atom. The summed E-state index contributed by atoms with van der Waals surface area (Å²) in [5.74, 6) is 0. The van der Waals surface area contributed by atoms with E-state index in [4.69, 9.17) is 0 Å². The van der Waals surface area contributed by atoms with Gasteiger partial charge in [-0.25, -0.2) is 0 Å². The molecule has 56 valence electrons. The van der Waals surface area contributed by atoms with Gasteiger partial charge in [0.2, 0.25) is 0 Å². The van der Waals surface area contributed by atoms with E-state index in [0.29, 0.717) is 0 Å². The predicted octanol–water partition coefficient (Wildman–Crippen LogP) is 1.77. The summed E-state index contributed by atoms with van der Waals surface area (Å²) in [4.78, 5) is 0. The molecule has 0 bridgehead atoms. The highest BCUT2D eigenvalue weighted by Gasteiger charge is 2.31. The fourth-order valence-electron chi connectivity index (χ4n) is 0.586. The van der Waals surface area contributed by atoms with Gasteiger partial charge in [0, 0.05) is 13.0 Å². The zero-order chi connectivity index (χ0) is 6.20. The lowest BCUT2D eigenvalue weighted by molar-refractivity contribution is -0.0166. The minimum atomic E-state index is -2.67. The third-order valence-corrected chi connectivity index (χ3v) is 1.03. The molecule has 0 unspecified atom stereocenters. The van der Waals surface area contributed by atoms with Crippen LogP contribution in [0.5, 0.6) is 0 Å². The average Bonchev–Trinajstić information content (AvgIpc) is 2.12. The first kappa shape index (κ1) is 9.11. The SMILES string of the molecule is CC(F)(F)NC1CC1.Cl. The summed E-state index contributed by atoms with van der Waals surface area (Å²) < 4.78 is 23.8. The molecule has 9 heavy (non-hydrogen) atoms. The molecule has 1 saturated carbocycles. The molecule has 1 nitrogen and oxygen atoms in total. The van der Waals surface area contributed by atoms with Crippen LogP contribution in [-0.2, 0) is 0 Å². The molecule has 1 rings (SSSR count). The van der Waals surface area contributed by atoms with Gasteiger partial charge in [-0.1, -0.05) is 0 Å². The van der Waals surface area contributed by atoms with Crippen molar-refractivity contribution in [3.05, 3.63) is 0 Å². The minimum absolute atomic E-state index is 0. The van der Waals surface area contributed by atoms with Gasteiger partial charge in [0.05, 0.1) is 0 Å². The molecule has 0 atom stereocenters. The van der Waals surface area contributed by atoms with Crippen LogP contribution in [0.25, 0.3) is 0 Å². The van der Waals surface area contributed by atoms with Crippen LogP contribution in [0.3, 0.4) is 0 Å². The summed E-state index contributed by atoms with van der Waals surface area (Å²) >= 11 is 0. The van der Waals surface area contributed by atoms with Crippen molar-refractivity contribution in [1.82, 2.24) is 5.32 Å². The quantitative estimate of drug-likeness (QED) is 0.603. The average molecular weight is 158 g/mol. The van der Waals surface area contributed by atoms with Gasteiger partial charge in [-0.3, -0.25) is 5.32 Å². The summed E-state index contributed by atoms with van der Waals surface area (Å²) in [7, 11) is 0. The Morgan fingerprint density at radius 3 is 2.00 bits per heavy atom. The smallest absolute Gasteiger partial charge is 0.256 e. The zero-order valence-electron chi connectivity index (χ0n) is 5.16. The van der Waals surface area contributed by atoms with Gasteiger partial charge in [0.15, 0.2) is 0 Å². The molecule has 0 saturated heterocycles. The number of nitrogens with one attached hydrogen (secondary N) is 1. The maximum atomic E-state index is 11.9. The van der Waals surface area contributed by atoms with E-state index in [1.54, 1.807) is 0 Å². The van der Waals surface area contributed by atoms with Gasteiger partial charge >= 0.3 is 0 Å². The van der Waals surface area contributed by atoms with E-state index in [1.165, 1.54) is 0 Å². The third-order valence-electron chi connectivity index (χ3n) is 1.03. The lowest BCUT2D eigenvalue weighted by Crippen LogP contribution is -2.34. The van der Waals surface area contributed by atoms with Crippen LogP contribution in [-0.4, -0.2) is 12.1 Å². The van der Waals surface area contributed by atoms with Crippen LogP contribution in [0.2, 0.25) is 0 Å². The van der Waals surface area contributed by atoms with Crippen molar-refractivity contribution in [2.45, 2.75) is 31.9 Å². The Hall–Kier alpha value is 0.110. The maximum absolute atomic E-state index is 11.9. The van der Waals surface area contributed by atoms with Gasteiger partial charge in [0.25, 0.3) is 6.05 Å². The van der Waals surface area contributed by atoms with Crippen molar-refractivity contribution < 1.29 is 8.78 Å². The molecule has 0 amide bonds. The Morgan fingerprint density at radius 1 is 1.44 bits per heavy atom. The van der Waals surface area contributed by atoms with Crippen LogP contribution >= 0.6 is 12.4 Å². The van der Waals surface area contributed by atoms with Gasteiger partial charge in [-0.15, -0.1) is 12.4 Å². The molecular weight excluding hydrogens is 148 g/mol. The van der Waals surface area contributed by atoms with Crippen molar-refractivity contribution in [1.29, 1.82) is 0 Å². The van der Waals surface area contributed by atoms with E-state index in [-0.39, 0.29) is 18.4 Å². The predicted molar refractivity (Wildman–Crippen MR) is 34.0 cm³/mol. The number of halogens is 3. The number of alkyl halides is 2. The van der Waals surface area contributed by atoms with Crippen molar-refractivity contribution in [3.63, 3.8) is 0 Å². The van der Waals surface area contributed by atoms with Gasteiger partial charge in [-0.05, 0) is 12.8 Å². The summed E-state index contributed by atoms with van der Waals surface area (Å²) in [6.07, 6.45) is 1.81. The first-order chi connectivity index (χ1) is 3.58. The van der Waals surface area contributed by atoms with Crippen molar-refractivity contribution in [2.75, 3.05) is 0 Å². The van der Waals surface area contributed by atoms with Crippen LogP contribution < -0.4 is 5.32 Å². The molecule has 1 aliphatic carbocycles. The van der Waals surface area contributed by atoms with Crippen LogP contribution in [0.15, 0.2) is 0 Å². The second-order valence-electron chi connectivity index (χ2n) is 2.31. The molecule has 0 spiro atoms. The molecular formula is C5H10ClF2N. The Balaban J connectivity index is 0.000000640. The molecule has 1 N–H and O–H groups in total. The topological polar surface area (TPSA) is 12.0 Å². The third kappa shape index (κ3) is 4.60. The molecule has 1 aliphatic rings. The fourth-order valence-corrected chi connectivity index (χ4v) is 0.586. The second kappa shape index (κ2) is 2.80. The summed E-state index contributed by atoms with van der Waals surface area (Å²) in [6, 6.07) is -2.57.